The fourth-order valence-corrected chi connectivity index (χ4v) is 2.82. The first-order valence-corrected chi connectivity index (χ1v) is 7.84. The van der Waals surface area contributed by atoms with Crippen molar-refractivity contribution in [1.29, 1.82) is 0 Å². The fraction of sp³-hybridized carbons (Fsp3) is 0.0667. The number of hydrogen-bond acceptors (Lipinski definition) is 8. The standard InChI is InChI=1S/C15H12N6O3S/c1-8(22)17-14-6-9(16)2-4-13(14)18-19-15-11-7-10(21(23)24)3-5-12(11)20-25-15/h2-7H,16H2,1H3,(H,17,22). The quantitative estimate of drug-likeness (QED) is 0.313. The van der Waals surface area contributed by atoms with Crippen molar-refractivity contribution >= 4 is 56.1 Å². The summed E-state index contributed by atoms with van der Waals surface area (Å²) in [7, 11) is 0. The van der Waals surface area contributed by atoms with Crippen LogP contribution in [0.3, 0.4) is 0 Å². The van der Waals surface area contributed by atoms with E-state index in [1.807, 2.05) is 0 Å². The van der Waals surface area contributed by atoms with Crippen molar-refractivity contribution < 1.29 is 9.72 Å². The zero-order valence-corrected chi connectivity index (χ0v) is 13.8. The van der Waals surface area contributed by atoms with Gasteiger partial charge in [0.25, 0.3) is 5.69 Å². The number of nitrogens with one attached hydrogen (secondary N) is 1. The molecule has 1 aromatic heterocycles. The van der Waals surface area contributed by atoms with E-state index in [4.69, 9.17) is 5.73 Å². The first-order chi connectivity index (χ1) is 11.9. The molecule has 0 aliphatic rings. The molecular formula is C15H12N6O3S. The number of benzene rings is 2. The van der Waals surface area contributed by atoms with Crippen LogP contribution in [-0.4, -0.2) is 15.2 Å². The average molecular weight is 356 g/mol. The summed E-state index contributed by atoms with van der Waals surface area (Å²) < 4.78 is 4.19. The third kappa shape index (κ3) is 3.58. The number of non-ortho nitro benzene ring substituents is 1. The second kappa shape index (κ2) is 6.61. The molecule has 1 amide bonds. The van der Waals surface area contributed by atoms with E-state index >= 15 is 0 Å². The Morgan fingerprint density at radius 1 is 1.28 bits per heavy atom. The highest BCUT2D eigenvalue weighted by atomic mass is 32.1. The molecule has 3 aromatic rings. The highest BCUT2D eigenvalue weighted by Gasteiger charge is 2.12. The summed E-state index contributed by atoms with van der Waals surface area (Å²) in [6.45, 7) is 1.37. The van der Waals surface area contributed by atoms with E-state index in [1.165, 1.54) is 19.1 Å². The molecule has 9 nitrogen and oxygen atoms in total. The number of carbonyl (C=O) groups excluding carboxylic acids is 1. The van der Waals surface area contributed by atoms with Crippen molar-refractivity contribution in [2.45, 2.75) is 6.92 Å². The van der Waals surface area contributed by atoms with Gasteiger partial charge in [-0.15, -0.1) is 10.2 Å². The Hall–Kier alpha value is -3.40. The van der Waals surface area contributed by atoms with Gasteiger partial charge in [0.1, 0.15) is 5.69 Å². The molecule has 2 aromatic carbocycles. The Kier molecular flexibility index (Phi) is 4.35. The number of nitro benzene ring substituents is 1. The van der Waals surface area contributed by atoms with Gasteiger partial charge in [0.2, 0.25) is 5.91 Å². The average Bonchev–Trinajstić information content (AvgIpc) is 2.96. The van der Waals surface area contributed by atoms with Gasteiger partial charge in [0.05, 0.1) is 16.1 Å². The Bertz CT molecular complexity index is 1010. The van der Waals surface area contributed by atoms with Gasteiger partial charge in [-0.3, -0.25) is 14.9 Å². The van der Waals surface area contributed by atoms with E-state index in [2.05, 4.69) is 19.9 Å². The summed E-state index contributed by atoms with van der Waals surface area (Å²) in [5.41, 5.74) is 7.59. The lowest BCUT2D eigenvalue weighted by molar-refractivity contribution is -0.384. The summed E-state index contributed by atoms with van der Waals surface area (Å²) in [4.78, 5) is 21.7. The number of amides is 1. The summed E-state index contributed by atoms with van der Waals surface area (Å²) in [5.74, 6) is -0.263. The van der Waals surface area contributed by atoms with Crippen molar-refractivity contribution in [3.8, 4) is 0 Å². The molecule has 3 rings (SSSR count). The van der Waals surface area contributed by atoms with Crippen LogP contribution in [0.5, 0.6) is 0 Å². The Morgan fingerprint density at radius 3 is 2.80 bits per heavy atom. The van der Waals surface area contributed by atoms with Gasteiger partial charge < -0.3 is 11.1 Å². The number of carbonyl (C=O) groups is 1. The van der Waals surface area contributed by atoms with Crippen molar-refractivity contribution in [3.05, 3.63) is 46.5 Å². The zero-order valence-electron chi connectivity index (χ0n) is 13.0. The number of anilines is 2. The summed E-state index contributed by atoms with van der Waals surface area (Å²) >= 11 is 1.08. The molecule has 0 radical (unpaired) electrons. The minimum atomic E-state index is -0.479. The predicted octanol–water partition coefficient (Wildman–Crippen LogP) is 4.16. The molecule has 3 N–H and O–H groups in total. The first-order valence-electron chi connectivity index (χ1n) is 7.07. The predicted molar refractivity (Wildman–Crippen MR) is 95.6 cm³/mol. The van der Waals surface area contributed by atoms with Crippen molar-refractivity contribution in [2.75, 3.05) is 11.1 Å². The molecule has 0 spiro atoms. The van der Waals surface area contributed by atoms with E-state index in [0.29, 0.717) is 33.0 Å². The molecule has 0 fully saturated rings. The highest BCUT2D eigenvalue weighted by molar-refractivity contribution is 7.11. The smallest absolute Gasteiger partial charge is 0.270 e. The Morgan fingerprint density at radius 2 is 2.08 bits per heavy atom. The third-order valence-corrected chi connectivity index (χ3v) is 3.99. The van der Waals surface area contributed by atoms with Crippen LogP contribution in [0.25, 0.3) is 10.9 Å². The van der Waals surface area contributed by atoms with Crippen molar-refractivity contribution in [3.63, 3.8) is 0 Å². The SMILES string of the molecule is CC(=O)Nc1cc(N)ccc1N=Nc1snc2ccc([N+](=O)[O-])cc12. The number of nitrogens with two attached hydrogens (primary N) is 1. The molecule has 0 aliphatic carbocycles. The third-order valence-electron chi connectivity index (χ3n) is 3.23. The monoisotopic (exact) mass is 356 g/mol. The van der Waals surface area contributed by atoms with E-state index in [0.717, 1.165) is 11.5 Å². The Balaban J connectivity index is 2.00. The number of rotatable bonds is 4. The minimum absolute atomic E-state index is 0.0458. The van der Waals surface area contributed by atoms with E-state index in [-0.39, 0.29) is 11.6 Å². The van der Waals surface area contributed by atoms with E-state index in [1.54, 1.807) is 24.3 Å². The molecule has 25 heavy (non-hydrogen) atoms. The van der Waals surface area contributed by atoms with Crippen LogP contribution in [-0.2, 0) is 4.79 Å². The maximum absolute atomic E-state index is 11.3. The largest absolute Gasteiger partial charge is 0.399 e. The second-order valence-corrected chi connectivity index (χ2v) is 5.86. The van der Waals surface area contributed by atoms with E-state index in [9.17, 15) is 14.9 Å². The van der Waals surface area contributed by atoms with Gasteiger partial charge in [-0.1, -0.05) is 0 Å². The number of aromatic nitrogens is 1. The van der Waals surface area contributed by atoms with Crippen LogP contribution in [0, 0.1) is 10.1 Å². The number of nitrogens with zero attached hydrogens (tertiary/aromatic N) is 4. The van der Waals surface area contributed by atoms with Gasteiger partial charge in [-0.25, -0.2) is 0 Å². The lowest BCUT2D eigenvalue weighted by Crippen LogP contribution is -2.06. The van der Waals surface area contributed by atoms with E-state index < -0.39 is 4.92 Å². The lowest BCUT2D eigenvalue weighted by Gasteiger charge is -2.06. The van der Waals surface area contributed by atoms with Gasteiger partial charge in [0.15, 0.2) is 5.00 Å². The van der Waals surface area contributed by atoms with Crippen LogP contribution < -0.4 is 11.1 Å². The minimum Gasteiger partial charge on any atom is -0.399 e. The van der Waals surface area contributed by atoms with Crippen LogP contribution in [0.1, 0.15) is 6.92 Å². The molecule has 1 heterocycles. The van der Waals surface area contributed by atoms with Crippen LogP contribution in [0.2, 0.25) is 0 Å². The first kappa shape index (κ1) is 16.5. The molecule has 0 saturated carbocycles. The van der Waals surface area contributed by atoms with Gasteiger partial charge >= 0.3 is 0 Å². The molecule has 0 bridgehead atoms. The number of azo groups is 1. The van der Waals surface area contributed by atoms with Crippen LogP contribution >= 0.6 is 11.5 Å². The molecule has 126 valence electrons. The molecular weight excluding hydrogens is 344 g/mol. The molecule has 0 aliphatic heterocycles. The fourth-order valence-electron chi connectivity index (χ4n) is 2.13. The van der Waals surface area contributed by atoms with Crippen LogP contribution in [0.15, 0.2) is 46.6 Å². The maximum atomic E-state index is 11.3. The van der Waals surface area contributed by atoms with Crippen molar-refractivity contribution in [1.82, 2.24) is 4.37 Å². The van der Waals surface area contributed by atoms with Crippen molar-refractivity contribution in [2.24, 2.45) is 10.2 Å². The topological polar surface area (TPSA) is 136 Å². The molecule has 0 unspecified atom stereocenters. The molecule has 10 heteroatoms. The van der Waals surface area contributed by atoms with Gasteiger partial charge in [0, 0.05) is 30.1 Å². The number of nitrogen functional groups attached to an aromatic ring is 1. The normalized spacial score (nSPS) is 11.1. The molecule has 0 atom stereocenters. The second-order valence-electron chi connectivity index (χ2n) is 5.10. The van der Waals surface area contributed by atoms with Crippen LogP contribution in [0.4, 0.5) is 27.8 Å². The van der Waals surface area contributed by atoms with Gasteiger partial charge in [-0.2, -0.15) is 4.37 Å². The Labute approximate surface area is 145 Å². The maximum Gasteiger partial charge on any atom is 0.270 e. The lowest BCUT2D eigenvalue weighted by atomic mass is 10.2. The summed E-state index contributed by atoms with van der Waals surface area (Å²) in [6.07, 6.45) is 0. The number of hydrogen-bond donors (Lipinski definition) is 2. The summed E-state index contributed by atoms with van der Waals surface area (Å²) in [6, 6.07) is 9.19. The number of fused-ring (bicyclic) bond motifs is 1. The number of nitro groups is 1. The molecule has 0 saturated heterocycles. The van der Waals surface area contributed by atoms with Gasteiger partial charge in [-0.05, 0) is 35.8 Å². The zero-order chi connectivity index (χ0) is 18.0. The highest BCUT2D eigenvalue weighted by Crippen LogP contribution is 2.35. The summed E-state index contributed by atoms with van der Waals surface area (Å²) in [5, 5.41) is 22.8.